The van der Waals surface area contributed by atoms with Gasteiger partial charge in [0.1, 0.15) is 0 Å². The lowest BCUT2D eigenvalue weighted by molar-refractivity contribution is -0.132. The summed E-state index contributed by atoms with van der Waals surface area (Å²) < 4.78 is 0. The summed E-state index contributed by atoms with van der Waals surface area (Å²) in [5.41, 5.74) is 6.96. The van der Waals surface area contributed by atoms with Crippen LogP contribution in [-0.2, 0) is 11.2 Å². The molecule has 1 rings (SSSR count). The molecule has 0 fully saturated rings. The SMILES string of the molecule is C#CCC(N)C(=O)N(CC)CCc1ccccc1. The second-order valence-electron chi connectivity index (χ2n) is 4.17. The molecule has 0 saturated carbocycles. The van der Waals surface area contributed by atoms with Crippen molar-refractivity contribution >= 4 is 5.91 Å². The summed E-state index contributed by atoms with van der Waals surface area (Å²) in [6, 6.07) is 9.51. The Morgan fingerprint density at radius 3 is 2.67 bits per heavy atom. The minimum atomic E-state index is -0.578. The van der Waals surface area contributed by atoms with Gasteiger partial charge in [0, 0.05) is 19.5 Å². The van der Waals surface area contributed by atoms with Crippen molar-refractivity contribution in [1.29, 1.82) is 0 Å². The minimum absolute atomic E-state index is 0.0635. The maximum atomic E-state index is 12.0. The third kappa shape index (κ3) is 4.23. The Morgan fingerprint density at radius 2 is 2.11 bits per heavy atom. The zero-order chi connectivity index (χ0) is 13.4. The highest BCUT2D eigenvalue weighted by molar-refractivity contribution is 5.81. The molecule has 0 spiro atoms. The van der Waals surface area contributed by atoms with Crippen LogP contribution >= 0.6 is 0 Å². The number of carbonyl (C=O) groups is 1. The number of benzene rings is 1. The van der Waals surface area contributed by atoms with E-state index in [0.717, 1.165) is 6.42 Å². The molecule has 0 bridgehead atoms. The monoisotopic (exact) mass is 244 g/mol. The second kappa shape index (κ2) is 7.52. The summed E-state index contributed by atoms with van der Waals surface area (Å²) in [5, 5.41) is 0. The van der Waals surface area contributed by atoms with E-state index >= 15 is 0 Å². The van der Waals surface area contributed by atoms with Gasteiger partial charge in [-0.15, -0.1) is 12.3 Å². The molecule has 0 aliphatic carbocycles. The molecule has 0 radical (unpaired) electrons. The maximum absolute atomic E-state index is 12.0. The number of hydrogen-bond donors (Lipinski definition) is 1. The normalized spacial score (nSPS) is 11.6. The molecule has 1 amide bonds. The van der Waals surface area contributed by atoms with Gasteiger partial charge in [-0.1, -0.05) is 30.3 Å². The van der Waals surface area contributed by atoms with Crippen LogP contribution in [-0.4, -0.2) is 29.9 Å². The van der Waals surface area contributed by atoms with Gasteiger partial charge in [0.05, 0.1) is 6.04 Å². The number of terminal acetylenes is 1. The summed E-state index contributed by atoms with van der Waals surface area (Å²) in [6.45, 7) is 3.28. The number of hydrogen-bond acceptors (Lipinski definition) is 2. The standard InChI is InChI=1S/C15H20N2O/c1-3-8-14(16)15(18)17(4-2)12-11-13-9-6-5-7-10-13/h1,5-7,9-10,14H,4,8,11-12,16H2,2H3. The van der Waals surface area contributed by atoms with Crippen LogP contribution in [0.3, 0.4) is 0 Å². The van der Waals surface area contributed by atoms with Gasteiger partial charge in [0.15, 0.2) is 0 Å². The minimum Gasteiger partial charge on any atom is -0.341 e. The van der Waals surface area contributed by atoms with Crippen molar-refractivity contribution in [3.63, 3.8) is 0 Å². The van der Waals surface area contributed by atoms with Gasteiger partial charge in [-0.3, -0.25) is 4.79 Å². The van der Waals surface area contributed by atoms with E-state index < -0.39 is 6.04 Å². The summed E-state index contributed by atoms with van der Waals surface area (Å²) in [6.07, 6.45) is 6.30. The fourth-order valence-electron chi connectivity index (χ4n) is 1.78. The van der Waals surface area contributed by atoms with Crippen LogP contribution in [0.2, 0.25) is 0 Å². The van der Waals surface area contributed by atoms with Crippen LogP contribution < -0.4 is 5.73 Å². The first-order valence-electron chi connectivity index (χ1n) is 6.20. The van der Waals surface area contributed by atoms with E-state index in [2.05, 4.69) is 18.1 Å². The van der Waals surface area contributed by atoms with Gasteiger partial charge in [0.25, 0.3) is 0 Å². The Bertz CT molecular complexity index is 408. The molecular weight excluding hydrogens is 224 g/mol. The van der Waals surface area contributed by atoms with Crippen LogP contribution in [0.4, 0.5) is 0 Å². The molecule has 96 valence electrons. The summed E-state index contributed by atoms with van der Waals surface area (Å²) in [4.78, 5) is 13.7. The highest BCUT2D eigenvalue weighted by Gasteiger charge is 2.18. The second-order valence-corrected chi connectivity index (χ2v) is 4.17. The van der Waals surface area contributed by atoms with Gasteiger partial charge < -0.3 is 10.6 Å². The number of nitrogens with two attached hydrogens (primary N) is 1. The lowest BCUT2D eigenvalue weighted by Crippen LogP contribution is -2.44. The van der Waals surface area contributed by atoms with E-state index in [1.54, 1.807) is 4.90 Å². The third-order valence-corrected chi connectivity index (χ3v) is 2.86. The smallest absolute Gasteiger partial charge is 0.240 e. The summed E-state index contributed by atoms with van der Waals surface area (Å²) in [5.74, 6) is 2.37. The Balaban J connectivity index is 2.52. The first kappa shape index (κ1) is 14.3. The molecular formula is C15H20N2O. The van der Waals surface area contributed by atoms with Crippen LogP contribution in [0.5, 0.6) is 0 Å². The average molecular weight is 244 g/mol. The van der Waals surface area contributed by atoms with Crippen molar-refractivity contribution in [2.75, 3.05) is 13.1 Å². The van der Waals surface area contributed by atoms with Crippen LogP contribution in [0, 0.1) is 12.3 Å². The molecule has 1 atom stereocenters. The van der Waals surface area contributed by atoms with Crippen LogP contribution in [0.15, 0.2) is 30.3 Å². The predicted molar refractivity (Wildman–Crippen MR) is 73.8 cm³/mol. The molecule has 0 aliphatic heterocycles. The molecule has 1 aromatic rings. The van der Waals surface area contributed by atoms with Crippen molar-refractivity contribution < 1.29 is 4.79 Å². The Labute approximate surface area is 109 Å². The lowest BCUT2D eigenvalue weighted by atomic mass is 10.1. The predicted octanol–water partition coefficient (Wildman–Crippen LogP) is 1.43. The highest BCUT2D eigenvalue weighted by atomic mass is 16.2. The number of rotatable bonds is 6. The maximum Gasteiger partial charge on any atom is 0.240 e. The first-order chi connectivity index (χ1) is 8.69. The van der Waals surface area contributed by atoms with E-state index in [9.17, 15) is 4.79 Å². The third-order valence-electron chi connectivity index (χ3n) is 2.86. The molecule has 0 aliphatic rings. The van der Waals surface area contributed by atoms with Gasteiger partial charge in [-0.05, 0) is 18.9 Å². The lowest BCUT2D eigenvalue weighted by Gasteiger charge is -2.23. The molecule has 0 saturated heterocycles. The molecule has 0 aromatic heterocycles. The van der Waals surface area contributed by atoms with Crippen molar-refractivity contribution in [2.24, 2.45) is 5.73 Å². The number of likely N-dealkylation sites (N-methyl/N-ethyl adjacent to an activating group) is 1. The summed E-state index contributed by atoms with van der Waals surface area (Å²) in [7, 11) is 0. The van der Waals surface area contributed by atoms with Gasteiger partial charge >= 0.3 is 0 Å². The Kier molecular flexibility index (Phi) is 5.96. The zero-order valence-corrected chi connectivity index (χ0v) is 10.8. The fraction of sp³-hybridized carbons (Fsp3) is 0.400. The fourth-order valence-corrected chi connectivity index (χ4v) is 1.78. The van der Waals surface area contributed by atoms with E-state index in [4.69, 9.17) is 12.2 Å². The molecule has 3 nitrogen and oxygen atoms in total. The molecule has 2 N–H and O–H groups in total. The van der Waals surface area contributed by atoms with E-state index in [1.165, 1.54) is 5.56 Å². The van der Waals surface area contributed by atoms with E-state index in [1.807, 2.05) is 25.1 Å². The zero-order valence-electron chi connectivity index (χ0n) is 10.8. The quantitative estimate of drug-likeness (QED) is 0.769. The largest absolute Gasteiger partial charge is 0.341 e. The number of amides is 1. The van der Waals surface area contributed by atoms with Crippen LogP contribution in [0.1, 0.15) is 18.9 Å². The van der Waals surface area contributed by atoms with Crippen molar-refractivity contribution in [3.8, 4) is 12.3 Å². The van der Waals surface area contributed by atoms with Gasteiger partial charge in [0.2, 0.25) is 5.91 Å². The number of carbonyl (C=O) groups excluding carboxylic acids is 1. The molecule has 1 aromatic carbocycles. The van der Waals surface area contributed by atoms with Crippen molar-refractivity contribution in [3.05, 3.63) is 35.9 Å². The van der Waals surface area contributed by atoms with Gasteiger partial charge in [-0.2, -0.15) is 0 Å². The molecule has 0 heterocycles. The van der Waals surface area contributed by atoms with E-state index in [0.29, 0.717) is 19.5 Å². The highest BCUT2D eigenvalue weighted by Crippen LogP contribution is 2.03. The molecule has 18 heavy (non-hydrogen) atoms. The Morgan fingerprint density at radius 1 is 1.44 bits per heavy atom. The summed E-state index contributed by atoms with van der Waals surface area (Å²) >= 11 is 0. The van der Waals surface area contributed by atoms with Crippen molar-refractivity contribution in [1.82, 2.24) is 4.90 Å². The molecule has 1 unspecified atom stereocenters. The van der Waals surface area contributed by atoms with Crippen molar-refractivity contribution in [2.45, 2.75) is 25.8 Å². The number of nitrogens with zero attached hydrogens (tertiary/aromatic N) is 1. The average Bonchev–Trinajstić information content (AvgIpc) is 2.40. The first-order valence-corrected chi connectivity index (χ1v) is 6.20. The van der Waals surface area contributed by atoms with Gasteiger partial charge in [-0.25, -0.2) is 0 Å². The molecule has 3 heteroatoms. The topological polar surface area (TPSA) is 46.3 Å². The van der Waals surface area contributed by atoms with E-state index in [-0.39, 0.29) is 5.91 Å². The Hall–Kier alpha value is -1.79. The van der Waals surface area contributed by atoms with Crippen LogP contribution in [0.25, 0.3) is 0 Å².